The molecule has 1 aliphatic rings. The third-order valence-corrected chi connectivity index (χ3v) is 5.15. The number of pyridine rings is 1. The highest BCUT2D eigenvalue weighted by molar-refractivity contribution is 5.91. The monoisotopic (exact) mass is 402 g/mol. The van der Waals surface area contributed by atoms with E-state index in [1.165, 1.54) is 0 Å². The van der Waals surface area contributed by atoms with Gasteiger partial charge in [0.15, 0.2) is 0 Å². The van der Waals surface area contributed by atoms with Crippen molar-refractivity contribution in [1.29, 1.82) is 0 Å². The second kappa shape index (κ2) is 7.71. The van der Waals surface area contributed by atoms with Crippen LogP contribution < -0.4 is 15.8 Å². The molecule has 4 rings (SSSR count). The highest BCUT2D eigenvalue weighted by Crippen LogP contribution is 2.35. The zero-order chi connectivity index (χ0) is 21.3. The van der Waals surface area contributed by atoms with Gasteiger partial charge in [0.25, 0.3) is 0 Å². The van der Waals surface area contributed by atoms with Crippen molar-refractivity contribution in [3.63, 3.8) is 0 Å². The number of hydrogen-bond acceptors (Lipinski definition) is 4. The third-order valence-electron chi connectivity index (χ3n) is 5.15. The molecule has 0 atom stereocenters. The molecule has 0 saturated heterocycles. The van der Waals surface area contributed by atoms with E-state index >= 15 is 0 Å². The standard InChI is InChI=1S/C24H26N4O2/c1-24(2,3)19-7-4-5-9-21(19)30-22-20(8-6-12-26-22)27-23(29)28-14-16-10-11-18(25)13-17(16)15-28/h4-13H,14-15,25H2,1-3H3,(H,27,29). The van der Waals surface area contributed by atoms with E-state index in [2.05, 4.69) is 31.1 Å². The molecule has 0 saturated carbocycles. The molecule has 2 heterocycles. The minimum absolute atomic E-state index is 0.0854. The smallest absolute Gasteiger partial charge is 0.322 e. The maximum Gasteiger partial charge on any atom is 0.322 e. The number of nitrogens with one attached hydrogen (secondary N) is 1. The Morgan fingerprint density at radius 3 is 2.63 bits per heavy atom. The molecule has 0 fully saturated rings. The van der Waals surface area contributed by atoms with E-state index < -0.39 is 0 Å². The summed E-state index contributed by atoms with van der Waals surface area (Å²) in [4.78, 5) is 19.0. The van der Waals surface area contributed by atoms with Crippen molar-refractivity contribution in [2.24, 2.45) is 0 Å². The van der Waals surface area contributed by atoms with Crippen LogP contribution in [0, 0.1) is 0 Å². The summed E-state index contributed by atoms with van der Waals surface area (Å²) in [6.07, 6.45) is 1.65. The number of para-hydroxylation sites is 1. The van der Waals surface area contributed by atoms with Crippen LogP contribution in [0.4, 0.5) is 16.2 Å². The van der Waals surface area contributed by atoms with Gasteiger partial charge in [0.2, 0.25) is 5.88 Å². The first kappa shape index (κ1) is 19.8. The quantitative estimate of drug-likeness (QED) is 0.583. The Kier molecular flexibility index (Phi) is 5.08. The molecular formula is C24H26N4O2. The Balaban J connectivity index is 1.53. The van der Waals surface area contributed by atoms with E-state index in [1.54, 1.807) is 23.2 Å². The van der Waals surface area contributed by atoms with Crippen LogP contribution in [-0.4, -0.2) is 15.9 Å². The summed E-state index contributed by atoms with van der Waals surface area (Å²) in [6.45, 7) is 7.47. The molecule has 0 spiro atoms. The van der Waals surface area contributed by atoms with Crippen molar-refractivity contribution in [2.45, 2.75) is 39.3 Å². The zero-order valence-corrected chi connectivity index (χ0v) is 17.5. The van der Waals surface area contributed by atoms with Gasteiger partial charge in [-0.3, -0.25) is 0 Å². The third kappa shape index (κ3) is 4.08. The SMILES string of the molecule is CC(C)(C)c1ccccc1Oc1ncccc1NC(=O)N1Cc2ccc(N)cc2C1. The van der Waals surface area contributed by atoms with Crippen LogP contribution in [0.2, 0.25) is 0 Å². The van der Waals surface area contributed by atoms with Crippen molar-refractivity contribution in [3.8, 4) is 11.6 Å². The molecule has 30 heavy (non-hydrogen) atoms. The van der Waals surface area contributed by atoms with Crippen molar-refractivity contribution in [2.75, 3.05) is 11.1 Å². The van der Waals surface area contributed by atoms with Gasteiger partial charge in [-0.25, -0.2) is 9.78 Å². The number of nitrogens with two attached hydrogens (primary N) is 1. The fourth-order valence-electron chi connectivity index (χ4n) is 3.60. The number of urea groups is 1. The first-order valence-corrected chi connectivity index (χ1v) is 9.97. The Labute approximate surface area is 176 Å². The number of fused-ring (bicyclic) bond motifs is 1. The molecule has 2 amide bonds. The lowest BCUT2D eigenvalue weighted by Gasteiger charge is -2.23. The summed E-state index contributed by atoms with van der Waals surface area (Å²) in [6, 6.07) is 17.0. The molecule has 0 aliphatic carbocycles. The van der Waals surface area contributed by atoms with E-state index in [1.807, 2.05) is 42.5 Å². The lowest BCUT2D eigenvalue weighted by Crippen LogP contribution is -2.30. The fraction of sp³-hybridized carbons (Fsp3) is 0.250. The summed E-state index contributed by atoms with van der Waals surface area (Å²) < 4.78 is 6.15. The zero-order valence-electron chi connectivity index (χ0n) is 17.5. The maximum atomic E-state index is 12.9. The number of rotatable bonds is 3. The molecule has 2 aromatic carbocycles. The van der Waals surface area contributed by atoms with Crippen LogP contribution in [0.15, 0.2) is 60.8 Å². The molecular weight excluding hydrogens is 376 g/mol. The second-order valence-electron chi connectivity index (χ2n) is 8.52. The van der Waals surface area contributed by atoms with Crippen molar-refractivity contribution in [3.05, 3.63) is 77.5 Å². The summed E-state index contributed by atoms with van der Waals surface area (Å²) in [5, 5.41) is 2.95. The van der Waals surface area contributed by atoms with Gasteiger partial charge in [0, 0.05) is 30.5 Å². The molecule has 0 unspecified atom stereocenters. The summed E-state index contributed by atoms with van der Waals surface area (Å²) in [5.41, 5.74) is 10.3. The number of nitrogen functional groups attached to an aromatic ring is 1. The van der Waals surface area contributed by atoms with Crippen molar-refractivity contribution >= 4 is 17.4 Å². The highest BCUT2D eigenvalue weighted by Gasteiger charge is 2.25. The van der Waals surface area contributed by atoms with Crippen LogP contribution >= 0.6 is 0 Å². The van der Waals surface area contributed by atoms with Gasteiger partial charge in [-0.15, -0.1) is 0 Å². The van der Waals surface area contributed by atoms with E-state index in [0.29, 0.717) is 30.3 Å². The average Bonchev–Trinajstić information content (AvgIpc) is 3.12. The minimum atomic E-state index is -0.202. The van der Waals surface area contributed by atoms with Crippen molar-refractivity contribution < 1.29 is 9.53 Å². The molecule has 0 bridgehead atoms. The first-order valence-electron chi connectivity index (χ1n) is 9.97. The molecule has 1 aromatic heterocycles. The lowest BCUT2D eigenvalue weighted by molar-refractivity contribution is 0.212. The Bertz CT molecular complexity index is 1090. The molecule has 1 aliphatic heterocycles. The van der Waals surface area contributed by atoms with Gasteiger partial charge < -0.3 is 20.7 Å². The van der Waals surface area contributed by atoms with E-state index in [0.717, 1.165) is 22.4 Å². The Morgan fingerprint density at radius 1 is 1.07 bits per heavy atom. The van der Waals surface area contributed by atoms with Crippen LogP contribution in [0.3, 0.4) is 0 Å². The number of carbonyl (C=O) groups excluding carboxylic acids is 1. The van der Waals surface area contributed by atoms with Crippen molar-refractivity contribution in [1.82, 2.24) is 9.88 Å². The number of nitrogens with zero attached hydrogens (tertiary/aromatic N) is 2. The number of benzene rings is 2. The number of aromatic nitrogens is 1. The number of anilines is 2. The number of carbonyl (C=O) groups is 1. The minimum Gasteiger partial charge on any atom is -0.437 e. The fourth-order valence-corrected chi connectivity index (χ4v) is 3.60. The molecule has 154 valence electrons. The highest BCUT2D eigenvalue weighted by atomic mass is 16.5. The largest absolute Gasteiger partial charge is 0.437 e. The summed E-state index contributed by atoms with van der Waals surface area (Å²) in [7, 11) is 0. The predicted octanol–water partition coefficient (Wildman–Crippen LogP) is 5.30. The average molecular weight is 402 g/mol. The molecule has 0 radical (unpaired) electrons. The second-order valence-corrected chi connectivity index (χ2v) is 8.52. The number of hydrogen-bond donors (Lipinski definition) is 2. The Hall–Kier alpha value is -3.54. The lowest BCUT2D eigenvalue weighted by atomic mass is 9.86. The number of amides is 2. The van der Waals surface area contributed by atoms with Gasteiger partial charge in [0.1, 0.15) is 11.4 Å². The van der Waals surface area contributed by atoms with Gasteiger partial charge >= 0.3 is 6.03 Å². The first-order chi connectivity index (χ1) is 14.3. The number of ether oxygens (including phenoxy) is 1. The van der Waals surface area contributed by atoms with Gasteiger partial charge in [-0.2, -0.15) is 0 Å². The maximum absolute atomic E-state index is 12.9. The molecule has 3 N–H and O–H groups in total. The van der Waals surface area contributed by atoms with Gasteiger partial charge in [-0.1, -0.05) is 45.0 Å². The molecule has 6 nitrogen and oxygen atoms in total. The van der Waals surface area contributed by atoms with Crippen LogP contribution in [0.5, 0.6) is 11.6 Å². The van der Waals surface area contributed by atoms with E-state index in [4.69, 9.17) is 10.5 Å². The van der Waals surface area contributed by atoms with E-state index in [-0.39, 0.29) is 11.4 Å². The summed E-state index contributed by atoms with van der Waals surface area (Å²) >= 11 is 0. The van der Waals surface area contributed by atoms with Crippen LogP contribution in [-0.2, 0) is 18.5 Å². The van der Waals surface area contributed by atoms with Crippen LogP contribution in [0.1, 0.15) is 37.5 Å². The normalized spacial score (nSPS) is 13.1. The molecule has 3 aromatic rings. The topological polar surface area (TPSA) is 80.5 Å². The predicted molar refractivity (Wildman–Crippen MR) is 119 cm³/mol. The molecule has 6 heteroatoms. The van der Waals surface area contributed by atoms with Gasteiger partial charge in [-0.05, 0) is 46.9 Å². The summed E-state index contributed by atoms with van der Waals surface area (Å²) in [5.74, 6) is 1.09. The van der Waals surface area contributed by atoms with E-state index in [9.17, 15) is 4.79 Å². The van der Waals surface area contributed by atoms with Crippen LogP contribution in [0.25, 0.3) is 0 Å². The van der Waals surface area contributed by atoms with Gasteiger partial charge in [0.05, 0.1) is 0 Å². The Morgan fingerprint density at radius 2 is 1.83 bits per heavy atom.